The number of rotatable bonds is 6. The highest BCUT2D eigenvalue weighted by molar-refractivity contribution is 5.78. The lowest BCUT2D eigenvalue weighted by Gasteiger charge is -2.17. The Morgan fingerprint density at radius 1 is 1.54 bits per heavy atom. The van der Waals surface area contributed by atoms with E-state index in [-0.39, 0.29) is 5.91 Å². The van der Waals surface area contributed by atoms with Crippen molar-refractivity contribution in [3.05, 3.63) is 12.2 Å². The molecule has 0 aromatic rings. The van der Waals surface area contributed by atoms with Gasteiger partial charge < -0.3 is 10.2 Å². The minimum atomic E-state index is 0.122. The van der Waals surface area contributed by atoms with E-state index in [1.165, 1.54) is 0 Å². The van der Waals surface area contributed by atoms with Gasteiger partial charge in [-0.3, -0.25) is 4.79 Å². The maximum Gasteiger partial charge on any atom is 0.236 e. The van der Waals surface area contributed by atoms with Crippen molar-refractivity contribution in [3.63, 3.8) is 0 Å². The predicted octanol–water partition coefficient (Wildman–Crippen LogP) is 1.02. The third-order valence-corrected chi connectivity index (χ3v) is 1.64. The summed E-state index contributed by atoms with van der Waals surface area (Å²) in [5.41, 5.74) is 1.01. The monoisotopic (exact) mass is 184 g/mol. The summed E-state index contributed by atoms with van der Waals surface area (Å²) < 4.78 is 0. The van der Waals surface area contributed by atoms with Gasteiger partial charge >= 0.3 is 0 Å². The Morgan fingerprint density at radius 2 is 2.15 bits per heavy atom. The molecule has 0 aromatic carbocycles. The van der Waals surface area contributed by atoms with Crippen LogP contribution in [0.2, 0.25) is 0 Å². The second-order valence-corrected chi connectivity index (χ2v) is 3.38. The molecule has 0 heterocycles. The summed E-state index contributed by atoms with van der Waals surface area (Å²) in [4.78, 5) is 13.1. The highest BCUT2D eigenvalue weighted by Gasteiger charge is 2.06. The fourth-order valence-electron chi connectivity index (χ4n) is 1.00. The van der Waals surface area contributed by atoms with Crippen LogP contribution in [0.1, 0.15) is 20.3 Å². The van der Waals surface area contributed by atoms with Crippen molar-refractivity contribution >= 4 is 5.91 Å². The van der Waals surface area contributed by atoms with Gasteiger partial charge in [0.2, 0.25) is 5.91 Å². The summed E-state index contributed by atoms with van der Waals surface area (Å²) >= 11 is 0. The van der Waals surface area contributed by atoms with Crippen LogP contribution in [0.3, 0.4) is 0 Å². The Hall–Kier alpha value is -0.830. The van der Waals surface area contributed by atoms with Gasteiger partial charge in [0.05, 0.1) is 6.54 Å². The number of hydrogen-bond acceptors (Lipinski definition) is 2. The van der Waals surface area contributed by atoms with E-state index in [0.717, 1.165) is 18.5 Å². The lowest BCUT2D eigenvalue weighted by atomic mass is 10.3. The Labute approximate surface area is 80.8 Å². The molecule has 0 aliphatic carbocycles. The average Bonchev–Trinajstić information content (AvgIpc) is 2.03. The number of likely N-dealkylation sites (N-methyl/N-ethyl adjacent to an activating group) is 1. The SMILES string of the molecule is C=C(C)CN(C)C(=O)CNCCC. The number of amides is 1. The van der Waals surface area contributed by atoms with Crippen molar-refractivity contribution in [2.45, 2.75) is 20.3 Å². The molecule has 0 atom stereocenters. The largest absolute Gasteiger partial charge is 0.341 e. The first-order valence-corrected chi connectivity index (χ1v) is 4.67. The average molecular weight is 184 g/mol. The van der Waals surface area contributed by atoms with E-state index in [0.29, 0.717) is 13.1 Å². The van der Waals surface area contributed by atoms with E-state index >= 15 is 0 Å². The van der Waals surface area contributed by atoms with Gasteiger partial charge in [-0.2, -0.15) is 0 Å². The van der Waals surface area contributed by atoms with Crippen molar-refractivity contribution in [1.29, 1.82) is 0 Å². The van der Waals surface area contributed by atoms with E-state index in [1.54, 1.807) is 11.9 Å². The molecular formula is C10H20N2O. The lowest BCUT2D eigenvalue weighted by molar-refractivity contribution is -0.128. The topological polar surface area (TPSA) is 32.3 Å². The van der Waals surface area contributed by atoms with Crippen LogP contribution >= 0.6 is 0 Å². The molecule has 0 unspecified atom stereocenters. The van der Waals surface area contributed by atoms with Crippen LogP contribution in [0.15, 0.2) is 12.2 Å². The minimum Gasteiger partial charge on any atom is -0.341 e. The van der Waals surface area contributed by atoms with Crippen LogP contribution in [0.5, 0.6) is 0 Å². The molecular weight excluding hydrogens is 164 g/mol. The van der Waals surface area contributed by atoms with Crippen molar-refractivity contribution < 1.29 is 4.79 Å². The fraction of sp³-hybridized carbons (Fsp3) is 0.700. The molecule has 0 aliphatic heterocycles. The van der Waals surface area contributed by atoms with Gasteiger partial charge in [0.1, 0.15) is 0 Å². The zero-order chi connectivity index (χ0) is 10.3. The first kappa shape index (κ1) is 12.2. The summed E-state index contributed by atoms with van der Waals surface area (Å²) in [6.07, 6.45) is 1.05. The van der Waals surface area contributed by atoms with E-state index in [9.17, 15) is 4.79 Å². The van der Waals surface area contributed by atoms with Crippen molar-refractivity contribution in [2.24, 2.45) is 0 Å². The zero-order valence-corrected chi connectivity index (χ0v) is 8.89. The number of hydrogen-bond donors (Lipinski definition) is 1. The van der Waals surface area contributed by atoms with E-state index < -0.39 is 0 Å². The molecule has 0 spiro atoms. The van der Waals surface area contributed by atoms with Crippen molar-refractivity contribution in [1.82, 2.24) is 10.2 Å². The fourth-order valence-corrected chi connectivity index (χ4v) is 1.00. The van der Waals surface area contributed by atoms with Gasteiger partial charge in [-0.25, -0.2) is 0 Å². The van der Waals surface area contributed by atoms with Gasteiger partial charge in [-0.05, 0) is 19.9 Å². The zero-order valence-electron chi connectivity index (χ0n) is 8.89. The van der Waals surface area contributed by atoms with Gasteiger partial charge in [-0.15, -0.1) is 0 Å². The van der Waals surface area contributed by atoms with E-state index in [2.05, 4.69) is 18.8 Å². The molecule has 0 aromatic heterocycles. The molecule has 0 saturated heterocycles. The van der Waals surface area contributed by atoms with Crippen molar-refractivity contribution in [3.8, 4) is 0 Å². The highest BCUT2D eigenvalue weighted by Crippen LogP contribution is 1.92. The van der Waals surface area contributed by atoms with Crippen LogP contribution in [0.4, 0.5) is 0 Å². The van der Waals surface area contributed by atoms with Crippen LogP contribution < -0.4 is 5.32 Å². The van der Waals surface area contributed by atoms with Gasteiger partial charge in [0, 0.05) is 13.6 Å². The molecule has 0 bridgehead atoms. The van der Waals surface area contributed by atoms with Gasteiger partial charge in [0.15, 0.2) is 0 Å². The molecule has 76 valence electrons. The molecule has 0 radical (unpaired) electrons. The normalized spacial score (nSPS) is 9.77. The van der Waals surface area contributed by atoms with Crippen molar-refractivity contribution in [2.75, 3.05) is 26.7 Å². The standard InChI is InChI=1S/C10H20N2O/c1-5-6-11-7-10(13)12(4)8-9(2)3/h11H,2,5-8H2,1,3-4H3. The summed E-state index contributed by atoms with van der Waals surface area (Å²) in [6.45, 7) is 9.73. The third kappa shape index (κ3) is 6.34. The maximum absolute atomic E-state index is 11.4. The smallest absolute Gasteiger partial charge is 0.236 e. The number of nitrogens with zero attached hydrogens (tertiary/aromatic N) is 1. The van der Waals surface area contributed by atoms with Gasteiger partial charge in [-0.1, -0.05) is 19.1 Å². The molecule has 0 rings (SSSR count). The molecule has 0 aliphatic rings. The Morgan fingerprint density at radius 3 is 2.62 bits per heavy atom. The summed E-state index contributed by atoms with van der Waals surface area (Å²) in [5, 5.41) is 3.07. The highest BCUT2D eigenvalue weighted by atomic mass is 16.2. The molecule has 3 nitrogen and oxygen atoms in total. The Bertz CT molecular complexity index is 178. The van der Waals surface area contributed by atoms with Crippen LogP contribution in [-0.4, -0.2) is 37.5 Å². The Balaban J connectivity index is 3.63. The van der Waals surface area contributed by atoms with Crippen LogP contribution in [-0.2, 0) is 4.79 Å². The predicted molar refractivity (Wildman–Crippen MR) is 55.6 cm³/mol. The van der Waals surface area contributed by atoms with E-state index in [4.69, 9.17) is 0 Å². The maximum atomic E-state index is 11.4. The summed E-state index contributed by atoms with van der Waals surface area (Å²) in [6, 6.07) is 0. The quantitative estimate of drug-likeness (QED) is 0.494. The van der Waals surface area contributed by atoms with E-state index in [1.807, 2.05) is 6.92 Å². The lowest BCUT2D eigenvalue weighted by Crippen LogP contribution is -2.36. The number of nitrogens with one attached hydrogen (secondary N) is 1. The molecule has 0 fully saturated rings. The summed E-state index contributed by atoms with van der Waals surface area (Å²) in [5.74, 6) is 0.122. The Kier molecular flexibility index (Phi) is 6.24. The summed E-state index contributed by atoms with van der Waals surface area (Å²) in [7, 11) is 1.80. The molecule has 0 saturated carbocycles. The van der Waals surface area contributed by atoms with Crippen LogP contribution in [0.25, 0.3) is 0 Å². The molecule has 13 heavy (non-hydrogen) atoms. The molecule has 1 N–H and O–H groups in total. The molecule has 3 heteroatoms. The van der Waals surface area contributed by atoms with Gasteiger partial charge in [0.25, 0.3) is 0 Å². The minimum absolute atomic E-state index is 0.122. The number of carbonyl (C=O) groups is 1. The first-order chi connectivity index (χ1) is 6.07. The first-order valence-electron chi connectivity index (χ1n) is 4.67. The third-order valence-electron chi connectivity index (χ3n) is 1.64. The second kappa shape index (κ2) is 6.66. The number of carbonyl (C=O) groups excluding carboxylic acids is 1. The molecule has 1 amide bonds. The second-order valence-electron chi connectivity index (χ2n) is 3.38. The van der Waals surface area contributed by atoms with Crippen LogP contribution in [0, 0.1) is 0 Å².